The highest BCUT2D eigenvalue weighted by Crippen LogP contribution is 2.50. The summed E-state index contributed by atoms with van der Waals surface area (Å²) in [6.45, 7) is 13.7. The molecule has 240 valence electrons. The zero-order chi connectivity index (χ0) is 33.4. The van der Waals surface area contributed by atoms with Gasteiger partial charge in [-0.3, -0.25) is 0 Å². The number of anilines is 3. The second-order valence-corrected chi connectivity index (χ2v) is 14.0. The van der Waals surface area contributed by atoms with E-state index in [4.69, 9.17) is 0 Å². The van der Waals surface area contributed by atoms with Gasteiger partial charge in [0.2, 0.25) is 0 Å². The normalized spacial score (nSPS) is 15.4. The number of nitrogens with zero attached hydrogens (tertiary/aromatic N) is 1. The summed E-state index contributed by atoms with van der Waals surface area (Å²) in [6, 6.07) is 32.3. The molecule has 1 aliphatic rings. The number of para-hydroxylation sites is 2. The van der Waals surface area contributed by atoms with Crippen LogP contribution in [0.25, 0.3) is 38.4 Å². The Morgan fingerprint density at radius 3 is 2.10 bits per heavy atom. The molecule has 1 nitrogen and oxygen atoms in total. The van der Waals surface area contributed by atoms with Gasteiger partial charge in [-0.15, -0.1) is 0 Å². The Balaban J connectivity index is 1.64. The average Bonchev–Trinajstić information content (AvgIpc) is 3.38. The van der Waals surface area contributed by atoms with Crippen molar-refractivity contribution in [2.45, 2.75) is 72.1 Å². The van der Waals surface area contributed by atoms with E-state index in [1.807, 2.05) is 0 Å². The molecule has 0 heterocycles. The van der Waals surface area contributed by atoms with Crippen LogP contribution in [0, 0.1) is 6.92 Å². The van der Waals surface area contributed by atoms with Crippen LogP contribution in [0.15, 0.2) is 127 Å². The van der Waals surface area contributed by atoms with Crippen molar-refractivity contribution >= 4 is 55.5 Å². The van der Waals surface area contributed by atoms with Gasteiger partial charge < -0.3 is 4.90 Å². The number of hydrogen-bond acceptors (Lipinski definition) is 1. The van der Waals surface area contributed by atoms with Crippen LogP contribution in [0.2, 0.25) is 0 Å². The van der Waals surface area contributed by atoms with Gasteiger partial charge in [-0.1, -0.05) is 143 Å². The van der Waals surface area contributed by atoms with Crippen molar-refractivity contribution in [2.24, 2.45) is 0 Å². The lowest BCUT2D eigenvalue weighted by Crippen LogP contribution is -2.16. The summed E-state index contributed by atoms with van der Waals surface area (Å²) in [7, 11) is 0. The predicted molar refractivity (Wildman–Crippen MR) is 212 cm³/mol. The highest BCUT2D eigenvalue weighted by Gasteiger charge is 2.26. The number of allylic oxidation sites excluding steroid dienone is 7. The first-order valence-electron chi connectivity index (χ1n) is 17.7. The molecule has 0 spiro atoms. The number of benzene rings is 6. The molecule has 1 atom stereocenters. The van der Waals surface area contributed by atoms with Crippen LogP contribution in [0.5, 0.6) is 0 Å². The van der Waals surface area contributed by atoms with Crippen molar-refractivity contribution in [1.82, 2.24) is 0 Å². The fourth-order valence-electron chi connectivity index (χ4n) is 7.86. The second-order valence-electron chi connectivity index (χ2n) is 14.0. The summed E-state index contributed by atoms with van der Waals surface area (Å²) in [6.07, 6.45) is 20.0. The summed E-state index contributed by atoms with van der Waals surface area (Å²) < 4.78 is 0. The molecule has 1 unspecified atom stereocenters. The zero-order valence-electron chi connectivity index (χ0n) is 29.3. The van der Waals surface area contributed by atoms with Crippen molar-refractivity contribution in [2.75, 3.05) is 4.90 Å². The molecule has 7 rings (SSSR count). The maximum absolute atomic E-state index is 2.56. The van der Waals surface area contributed by atoms with Gasteiger partial charge in [-0.05, 0) is 106 Å². The van der Waals surface area contributed by atoms with E-state index in [0.29, 0.717) is 17.8 Å². The third kappa shape index (κ3) is 5.56. The summed E-state index contributed by atoms with van der Waals surface area (Å²) in [5, 5.41) is 8.11. The van der Waals surface area contributed by atoms with Crippen LogP contribution in [0.4, 0.5) is 17.1 Å². The van der Waals surface area contributed by atoms with E-state index >= 15 is 0 Å². The molecule has 1 heteroatoms. The molecule has 48 heavy (non-hydrogen) atoms. The van der Waals surface area contributed by atoms with Gasteiger partial charge in [0.15, 0.2) is 0 Å². The Bertz CT molecular complexity index is 2180. The third-order valence-corrected chi connectivity index (χ3v) is 10.2. The fraction of sp³-hybridized carbons (Fsp3) is 0.234. The number of rotatable bonds is 8. The van der Waals surface area contributed by atoms with Crippen LogP contribution >= 0.6 is 0 Å². The SMILES string of the molecule is C/C=C\C=C/c1cc(N(c2ccccc2)c2c(C)cccc2C2C=CC=CCC2)c2ccc3c(C(C)C)cc(C(C)C)c4ccc1c2c43. The molecule has 0 saturated carbocycles. The number of hydrogen-bond donors (Lipinski definition) is 0. The van der Waals surface area contributed by atoms with E-state index in [1.165, 1.54) is 77.2 Å². The van der Waals surface area contributed by atoms with E-state index in [9.17, 15) is 0 Å². The van der Waals surface area contributed by atoms with Crippen LogP contribution < -0.4 is 4.90 Å². The van der Waals surface area contributed by atoms with E-state index < -0.39 is 0 Å². The molecule has 0 aromatic heterocycles. The van der Waals surface area contributed by atoms with Crippen LogP contribution in [0.1, 0.15) is 93.0 Å². The quantitative estimate of drug-likeness (QED) is 0.120. The summed E-state index contributed by atoms with van der Waals surface area (Å²) in [5.74, 6) is 1.19. The van der Waals surface area contributed by atoms with Crippen molar-refractivity contribution in [3.63, 3.8) is 0 Å². The first-order chi connectivity index (χ1) is 23.4. The lowest BCUT2D eigenvalue weighted by atomic mass is 9.82. The summed E-state index contributed by atoms with van der Waals surface area (Å²) in [4.78, 5) is 2.56. The standard InChI is InChI=1S/C47H47N/c1-7-8-12-21-35-29-44(41-28-27-40-43(32(4)5)30-42(31(2)3)39-26-25-37(35)45(41)46(39)40)48(36-22-15-11-16-23-36)47-33(6)18-17-24-38(47)34-19-13-9-10-14-20-34/h7-13,15-19,21-32,34H,14,20H2,1-6H3/b8-7-,21-12-. The highest BCUT2D eigenvalue weighted by atomic mass is 15.1. The van der Waals surface area contributed by atoms with Gasteiger partial charge >= 0.3 is 0 Å². The van der Waals surface area contributed by atoms with Gasteiger partial charge in [0.05, 0.1) is 11.4 Å². The minimum absolute atomic E-state index is 0.331. The second kappa shape index (κ2) is 13.3. The smallest absolute Gasteiger partial charge is 0.0546 e. The van der Waals surface area contributed by atoms with Gasteiger partial charge in [0, 0.05) is 22.4 Å². The molecule has 6 aromatic carbocycles. The van der Waals surface area contributed by atoms with Gasteiger partial charge in [0.25, 0.3) is 0 Å². The molecular weight excluding hydrogens is 579 g/mol. The minimum Gasteiger partial charge on any atom is -0.309 e. The van der Waals surface area contributed by atoms with Crippen LogP contribution in [0.3, 0.4) is 0 Å². The van der Waals surface area contributed by atoms with E-state index in [-0.39, 0.29) is 0 Å². The Morgan fingerprint density at radius 2 is 1.40 bits per heavy atom. The van der Waals surface area contributed by atoms with Crippen molar-refractivity contribution in [3.05, 3.63) is 155 Å². The van der Waals surface area contributed by atoms with E-state index in [2.05, 4.69) is 180 Å². The molecule has 1 aliphatic carbocycles. The maximum Gasteiger partial charge on any atom is 0.0546 e. The third-order valence-electron chi connectivity index (χ3n) is 10.2. The Hall–Kier alpha value is -4.88. The van der Waals surface area contributed by atoms with E-state index in [1.54, 1.807) is 0 Å². The first kappa shape index (κ1) is 31.7. The highest BCUT2D eigenvalue weighted by molar-refractivity contribution is 6.28. The lowest BCUT2D eigenvalue weighted by molar-refractivity contribution is 0.755. The van der Waals surface area contributed by atoms with Gasteiger partial charge in [-0.2, -0.15) is 0 Å². The van der Waals surface area contributed by atoms with Crippen LogP contribution in [-0.2, 0) is 0 Å². The molecule has 6 aromatic rings. The lowest BCUT2D eigenvalue weighted by Gasteiger charge is -2.33. The van der Waals surface area contributed by atoms with Gasteiger partial charge in [0.1, 0.15) is 0 Å². The molecule has 0 fully saturated rings. The van der Waals surface area contributed by atoms with Gasteiger partial charge in [-0.25, -0.2) is 0 Å². The Morgan fingerprint density at radius 1 is 0.708 bits per heavy atom. The van der Waals surface area contributed by atoms with Crippen LogP contribution in [-0.4, -0.2) is 0 Å². The maximum atomic E-state index is 2.56. The molecule has 0 saturated heterocycles. The largest absolute Gasteiger partial charge is 0.309 e. The average molecular weight is 626 g/mol. The number of aryl methyl sites for hydroxylation is 1. The Kier molecular flexibility index (Phi) is 8.80. The zero-order valence-corrected chi connectivity index (χ0v) is 29.3. The summed E-state index contributed by atoms with van der Waals surface area (Å²) >= 11 is 0. The van der Waals surface area contributed by atoms with Crippen molar-refractivity contribution in [1.29, 1.82) is 0 Å². The molecule has 0 N–H and O–H groups in total. The van der Waals surface area contributed by atoms with Crippen molar-refractivity contribution < 1.29 is 0 Å². The first-order valence-corrected chi connectivity index (χ1v) is 17.7. The van der Waals surface area contributed by atoms with E-state index in [0.717, 1.165) is 12.8 Å². The minimum atomic E-state index is 0.331. The fourth-order valence-corrected chi connectivity index (χ4v) is 7.86. The molecule has 0 aliphatic heterocycles. The summed E-state index contributed by atoms with van der Waals surface area (Å²) in [5.41, 5.74) is 10.4. The molecule has 0 bridgehead atoms. The molecular formula is C47H47N. The van der Waals surface area contributed by atoms with Crippen molar-refractivity contribution in [3.8, 4) is 0 Å². The Labute approximate surface area is 286 Å². The predicted octanol–water partition coefficient (Wildman–Crippen LogP) is 14.2. The monoisotopic (exact) mass is 625 g/mol. The topological polar surface area (TPSA) is 3.24 Å². The molecule has 0 radical (unpaired) electrons. The molecule has 0 amide bonds.